The molecule has 0 saturated carbocycles. The maximum absolute atomic E-state index is 14.3. The Bertz CT molecular complexity index is 1900. The number of aryl methyl sites for hydroxylation is 1. The van der Waals surface area contributed by atoms with Gasteiger partial charge in [0.25, 0.3) is 15.7 Å². The van der Waals surface area contributed by atoms with E-state index in [-0.39, 0.29) is 52.1 Å². The number of nitrogens with one attached hydrogen (secondary N) is 1. The minimum absolute atomic E-state index is 0.00183. The van der Waals surface area contributed by atoms with E-state index in [0.717, 1.165) is 4.31 Å². The van der Waals surface area contributed by atoms with Crippen LogP contribution in [-0.2, 0) is 25.7 Å². The van der Waals surface area contributed by atoms with Crippen molar-refractivity contribution >= 4 is 47.9 Å². The van der Waals surface area contributed by atoms with Crippen molar-refractivity contribution in [3.8, 4) is 11.1 Å². The number of sulfonamides is 1. The van der Waals surface area contributed by atoms with E-state index in [2.05, 4.69) is 10.5 Å². The zero-order chi connectivity index (χ0) is 33.8. The summed E-state index contributed by atoms with van der Waals surface area (Å²) < 4.78 is 45.9. The zero-order valence-corrected chi connectivity index (χ0v) is 28.0. The summed E-state index contributed by atoms with van der Waals surface area (Å²) in [5, 5.41) is 18.5. The first-order chi connectivity index (χ1) is 21.7. The number of nitro benzene ring substituents is 1. The van der Waals surface area contributed by atoms with Gasteiger partial charge < -0.3 is 19.0 Å². The molecule has 0 amide bonds. The molecule has 0 aliphatic heterocycles. The Kier molecular flexibility index (Phi) is 10.1. The second kappa shape index (κ2) is 13.6. The van der Waals surface area contributed by atoms with Crippen LogP contribution in [0, 0.1) is 24.0 Å². The fraction of sp³-hybridized carbons (Fsp3) is 0.258. The van der Waals surface area contributed by atoms with Crippen LogP contribution < -0.4 is 9.62 Å². The van der Waals surface area contributed by atoms with E-state index in [1.165, 1.54) is 31.4 Å². The monoisotopic (exact) mass is 666 g/mol. The summed E-state index contributed by atoms with van der Waals surface area (Å²) >= 11 is 0. The molecule has 0 bridgehead atoms. The van der Waals surface area contributed by atoms with Crippen LogP contribution in [0.2, 0.25) is 19.6 Å². The van der Waals surface area contributed by atoms with Gasteiger partial charge in [0.2, 0.25) is 5.88 Å². The highest BCUT2D eigenvalue weighted by Gasteiger charge is 2.34. The van der Waals surface area contributed by atoms with E-state index >= 15 is 0 Å². The molecule has 0 spiro atoms. The first-order valence-corrected chi connectivity index (χ1v) is 18.9. The molecule has 0 fully saturated rings. The predicted octanol–water partition coefficient (Wildman–Crippen LogP) is 6.08. The van der Waals surface area contributed by atoms with E-state index < -0.39 is 29.2 Å². The molecule has 13 nitrogen and oxygen atoms in total. The van der Waals surface area contributed by atoms with Crippen molar-refractivity contribution in [1.82, 2.24) is 5.16 Å². The number of benzene rings is 3. The standard InChI is InChI=1S/C31H34N4O9SSi/c1-20-21(2)33-44-30(20)34(19-43-46(4,5)6)45(40,41)28-13-8-7-10-25(28)24-15-14-22(16-23(24)18-36)17-32-29-26(31(37)42-3)11-9-12-27(29)35(38)39/h7-16,18,32H,17,19H2,1-6H3. The normalized spacial score (nSPS) is 11.6. The molecule has 0 aliphatic rings. The van der Waals surface area contributed by atoms with Gasteiger partial charge in [0.15, 0.2) is 14.6 Å². The Hall–Kier alpha value is -4.86. The van der Waals surface area contributed by atoms with Gasteiger partial charge in [0, 0.05) is 29.3 Å². The Morgan fingerprint density at radius 2 is 1.80 bits per heavy atom. The van der Waals surface area contributed by atoms with Gasteiger partial charge in [-0.2, -0.15) is 0 Å². The Morgan fingerprint density at radius 3 is 2.41 bits per heavy atom. The first-order valence-electron chi connectivity index (χ1n) is 14.1. The second-order valence-electron chi connectivity index (χ2n) is 11.3. The third-order valence-corrected chi connectivity index (χ3v) is 9.83. The SMILES string of the molecule is COC(=O)c1cccc([N+](=O)[O-])c1NCc1ccc(-c2ccccc2S(=O)(=O)N(CO[Si](C)(C)C)c2onc(C)c2C)c(C=O)c1. The van der Waals surface area contributed by atoms with Crippen LogP contribution in [0.3, 0.4) is 0 Å². The predicted molar refractivity (Wildman–Crippen MR) is 174 cm³/mol. The number of rotatable bonds is 13. The molecule has 0 saturated heterocycles. The lowest BCUT2D eigenvalue weighted by Gasteiger charge is -2.27. The topological polar surface area (TPSA) is 171 Å². The zero-order valence-electron chi connectivity index (χ0n) is 26.2. The van der Waals surface area contributed by atoms with Crippen LogP contribution in [0.5, 0.6) is 0 Å². The van der Waals surface area contributed by atoms with Crippen molar-refractivity contribution in [2.24, 2.45) is 0 Å². The molecule has 1 aromatic heterocycles. The molecule has 242 valence electrons. The molecular formula is C31H34N4O9SSi. The Morgan fingerprint density at radius 1 is 1.09 bits per heavy atom. The molecule has 15 heteroatoms. The molecule has 0 aliphatic carbocycles. The smallest absolute Gasteiger partial charge is 0.340 e. The molecule has 46 heavy (non-hydrogen) atoms. The van der Waals surface area contributed by atoms with Crippen molar-refractivity contribution in [3.63, 3.8) is 0 Å². The van der Waals surface area contributed by atoms with Crippen LogP contribution in [-0.4, -0.2) is 52.9 Å². The lowest BCUT2D eigenvalue weighted by Crippen LogP contribution is -2.39. The van der Waals surface area contributed by atoms with Crippen molar-refractivity contribution < 1.29 is 36.6 Å². The number of nitro groups is 1. The van der Waals surface area contributed by atoms with Gasteiger partial charge in [-0.1, -0.05) is 41.6 Å². The van der Waals surface area contributed by atoms with Crippen LogP contribution >= 0.6 is 0 Å². The van der Waals surface area contributed by atoms with E-state index in [1.807, 2.05) is 19.6 Å². The molecule has 1 N–H and O–H groups in total. The van der Waals surface area contributed by atoms with Crippen LogP contribution in [0.1, 0.15) is 37.5 Å². The molecule has 4 aromatic rings. The highest BCUT2D eigenvalue weighted by molar-refractivity contribution is 7.93. The fourth-order valence-corrected chi connectivity index (χ4v) is 6.71. The molecule has 0 atom stereocenters. The number of esters is 1. The molecule has 0 radical (unpaired) electrons. The van der Waals surface area contributed by atoms with Crippen LogP contribution in [0.15, 0.2) is 70.1 Å². The second-order valence-corrected chi connectivity index (χ2v) is 17.6. The summed E-state index contributed by atoms with van der Waals surface area (Å²) in [7, 11) is -5.32. The Labute approximate surface area is 267 Å². The van der Waals surface area contributed by atoms with Gasteiger partial charge in [-0.25, -0.2) is 17.5 Å². The summed E-state index contributed by atoms with van der Waals surface area (Å²) in [6, 6.07) is 15.1. The summed E-state index contributed by atoms with van der Waals surface area (Å²) in [6.07, 6.45) is 0.600. The van der Waals surface area contributed by atoms with E-state index in [4.69, 9.17) is 13.7 Å². The largest absolute Gasteiger partial charge is 0.465 e. The summed E-state index contributed by atoms with van der Waals surface area (Å²) in [4.78, 5) is 35.6. The highest BCUT2D eigenvalue weighted by atomic mass is 32.2. The Balaban J connectivity index is 1.75. The number of ether oxygens (including phenoxy) is 1. The van der Waals surface area contributed by atoms with Crippen LogP contribution in [0.4, 0.5) is 17.3 Å². The number of methoxy groups -OCH3 is 1. The summed E-state index contributed by atoms with van der Waals surface area (Å²) in [5.41, 5.74) is 2.01. The quantitative estimate of drug-likeness (QED) is 0.0438. The van der Waals surface area contributed by atoms with Crippen LogP contribution in [0.25, 0.3) is 11.1 Å². The molecule has 0 unspecified atom stereocenters. The van der Waals surface area contributed by atoms with E-state index in [0.29, 0.717) is 28.7 Å². The minimum Gasteiger partial charge on any atom is -0.465 e. The number of aldehydes is 1. The molecule has 3 aromatic carbocycles. The average Bonchev–Trinajstić information content (AvgIpc) is 3.35. The third kappa shape index (κ3) is 7.16. The van der Waals surface area contributed by atoms with E-state index in [9.17, 15) is 28.1 Å². The number of aromatic nitrogens is 1. The van der Waals surface area contributed by atoms with Crippen molar-refractivity contribution in [1.29, 1.82) is 0 Å². The van der Waals surface area contributed by atoms with Gasteiger partial charge >= 0.3 is 5.97 Å². The van der Waals surface area contributed by atoms with Gasteiger partial charge in [-0.15, -0.1) is 0 Å². The van der Waals surface area contributed by atoms with Crippen molar-refractivity contribution in [2.75, 3.05) is 23.5 Å². The minimum atomic E-state index is -4.31. The van der Waals surface area contributed by atoms with Crippen molar-refractivity contribution in [3.05, 3.63) is 98.7 Å². The molecular weight excluding hydrogens is 633 g/mol. The number of para-hydroxylation sites is 1. The lowest BCUT2D eigenvalue weighted by molar-refractivity contribution is -0.384. The number of hydrogen-bond donors (Lipinski definition) is 1. The number of anilines is 2. The van der Waals surface area contributed by atoms with E-state index in [1.54, 1.807) is 50.2 Å². The number of carbonyl (C=O) groups excluding carboxylic acids is 2. The maximum Gasteiger partial charge on any atom is 0.340 e. The average molecular weight is 667 g/mol. The summed E-state index contributed by atoms with van der Waals surface area (Å²) in [5.74, 6) is -0.725. The van der Waals surface area contributed by atoms with Crippen molar-refractivity contribution in [2.45, 2.75) is 44.9 Å². The van der Waals surface area contributed by atoms with Gasteiger partial charge in [-0.3, -0.25) is 14.9 Å². The van der Waals surface area contributed by atoms with Gasteiger partial charge in [0.05, 0.1) is 28.2 Å². The fourth-order valence-electron chi connectivity index (χ4n) is 4.57. The first kappa shape index (κ1) is 34.0. The highest BCUT2D eigenvalue weighted by Crippen LogP contribution is 2.36. The molecule has 4 rings (SSSR count). The molecule has 1 heterocycles. The maximum atomic E-state index is 14.3. The van der Waals surface area contributed by atoms with Gasteiger partial charge in [0.1, 0.15) is 12.4 Å². The number of nitrogens with zero attached hydrogens (tertiary/aromatic N) is 3. The number of carbonyl (C=O) groups is 2. The lowest BCUT2D eigenvalue weighted by atomic mass is 9.98. The third-order valence-electron chi connectivity index (χ3n) is 7.08. The number of hydrogen-bond acceptors (Lipinski definition) is 11. The van der Waals surface area contributed by atoms with Gasteiger partial charge in [-0.05, 0) is 62.8 Å². The summed E-state index contributed by atoms with van der Waals surface area (Å²) in [6.45, 7) is 8.92.